The lowest BCUT2D eigenvalue weighted by atomic mass is 9.99. The number of carbonyl (C=O) groups is 1. The van der Waals surface area contributed by atoms with Gasteiger partial charge in [-0.2, -0.15) is 5.26 Å². The molecule has 0 bridgehead atoms. The molecule has 2 aromatic heterocycles. The maximum absolute atomic E-state index is 14.8. The zero-order valence-corrected chi connectivity index (χ0v) is 19.1. The first-order chi connectivity index (χ1) is 16.0. The van der Waals surface area contributed by atoms with E-state index in [4.69, 9.17) is 16.6 Å². The molecule has 1 atom stereocenters. The van der Waals surface area contributed by atoms with Gasteiger partial charge in [0.2, 0.25) is 5.91 Å². The maximum Gasteiger partial charge on any atom is 0.226 e. The summed E-state index contributed by atoms with van der Waals surface area (Å²) < 4.78 is 14.8. The van der Waals surface area contributed by atoms with Crippen molar-refractivity contribution in [3.05, 3.63) is 40.6 Å². The molecule has 2 aromatic rings. The van der Waals surface area contributed by atoms with Gasteiger partial charge in [0, 0.05) is 48.8 Å². The van der Waals surface area contributed by atoms with Crippen molar-refractivity contribution in [2.75, 3.05) is 24.5 Å². The fraction of sp³-hybridized carbons (Fsp3) is 0.520. The molecule has 8 heteroatoms. The third-order valence-electron chi connectivity index (χ3n) is 7.35. The maximum atomic E-state index is 14.8. The molecule has 1 amide bonds. The Morgan fingerprint density at radius 3 is 2.61 bits per heavy atom. The second-order valence-corrected chi connectivity index (χ2v) is 10.2. The van der Waals surface area contributed by atoms with Crippen LogP contribution in [0.1, 0.15) is 55.7 Å². The molecular formula is C25H25ClFN5O. The minimum atomic E-state index is -0.583. The van der Waals surface area contributed by atoms with E-state index in [0.717, 1.165) is 44.2 Å². The number of nitrogens with zero attached hydrogens (tertiary/aromatic N) is 5. The lowest BCUT2D eigenvalue weighted by molar-refractivity contribution is -0.135. The minimum Gasteiger partial charge on any atom is -0.352 e. The Morgan fingerprint density at radius 2 is 1.94 bits per heavy atom. The minimum absolute atomic E-state index is 0.180. The lowest BCUT2D eigenvalue weighted by Gasteiger charge is -2.43. The number of aromatic nitrogens is 2. The standard InChI is InChI=1S/C25H25ClFN5O/c26-23-21(27)18(7-8-29-23)19-11-17(12-28)24(30-22(19)15-3-4-15)31-9-10-32(25(33)16-5-6-16)20(13-31)14-1-2-14/h7-8,11,14-16,20H,1-6,9-10,13H2/t20-/m0/s1. The summed E-state index contributed by atoms with van der Waals surface area (Å²) in [5, 5.41) is 9.80. The van der Waals surface area contributed by atoms with E-state index in [-0.39, 0.29) is 23.0 Å². The molecule has 6 rings (SSSR count). The van der Waals surface area contributed by atoms with Gasteiger partial charge >= 0.3 is 0 Å². The van der Waals surface area contributed by atoms with Gasteiger partial charge < -0.3 is 9.80 Å². The molecule has 170 valence electrons. The van der Waals surface area contributed by atoms with E-state index < -0.39 is 5.82 Å². The average Bonchev–Trinajstić information content (AvgIpc) is 3.68. The van der Waals surface area contributed by atoms with Crippen LogP contribution in [0.5, 0.6) is 0 Å². The van der Waals surface area contributed by atoms with Gasteiger partial charge in [0.1, 0.15) is 11.9 Å². The van der Waals surface area contributed by atoms with Crippen LogP contribution in [-0.4, -0.2) is 46.5 Å². The summed E-state index contributed by atoms with van der Waals surface area (Å²) in [6.45, 7) is 2.02. The third kappa shape index (κ3) is 3.85. The molecule has 0 unspecified atom stereocenters. The van der Waals surface area contributed by atoms with Gasteiger partial charge in [-0.3, -0.25) is 4.79 Å². The fourth-order valence-corrected chi connectivity index (χ4v) is 5.23. The Hall–Kier alpha value is -2.72. The van der Waals surface area contributed by atoms with Crippen LogP contribution in [-0.2, 0) is 4.79 Å². The molecule has 3 heterocycles. The number of amides is 1. The third-order valence-corrected chi connectivity index (χ3v) is 7.61. The zero-order chi connectivity index (χ0) is 22.7. The van der Waals surface area contributed by atoms with Crippen molar-refractivity contribution < 1.29 is 9.18 Å². The summed E-state index contributed by atoms with van der Waals surface area (Å²) in [4.78, 5) is 25.9. The monoisotopic (exact) mass is 465 g/mol. The molecule has 0 spiro atoms. The van der Waals surface area contributed by atoms with E-state index in [1.54, 1.807) is 12.1 Å². The van der Waals surface area contributed by atoms with Crippen molar-refractivity contribution in [1.29, 1.82) is 5.26 Å². The molecule has 1 aliphatic heterocycles. The number of nitriles is 1. The Morgan fingerprint density at radius 1 is 1.15 bits per heavy atom. The highest BCUT2D eigenvalue weighted by Gasteiger charge is 2.45. The van der Waals surface area contributed by atoms with Gasteiger partial charge in [0.15, 0.2) is 11.0 Å². The van der Waals surface area contributed by atoms with Crippen molar-refractivity contribution in [2.45, 2.75) is 50.5 Å². The van der Waals surface area contributed by atoms with Crippen LogP contribution in [0.3, 0.4) is 0 Å². The van der Waals surface area contributed by atoms with E-state index >= 15 is 0 Å². The number of rotatable bonds is 5. The van der Waals surface area contributed by atoms with Gasteiger partial charge in [-0.25, -0.2) is 14.4 Å². The van der Waals surface area contributed by atoms with E-state index in [1.165, 1.54) is 6.20 Å². The molecule has 6 nitrogen and oxygen atoms in total. The van der Waals surface area contributed by atoms with Crippen LogP contribution in [0.4, 0.5) is 10.2 Å². The Bertz CT molecular complexity index is 1170. The van der Waals surface area contributed by atoms with Crippen LogP contribution in [0.2, 0.25) is 5.15 Å². The summed E-state index contributed by atoms with van der Waals surface area (Å²) in [6, 6.07) is 5.83. The Labute approximate surface area is 197 Å². The average molecular weight is 466 g/mol. The topological polar surface area (TPSA) is 73.1 Å². The number of hydrogen-bond acceptors (Lipinski definition) is 5. The summed E-state index contributed by atoms with van der Waals surface area (Å²) in [5.74, 6) is 1.40. The van der Waals surface area contributed by atoms with Crippen LogP contribution in [0.15, 0.2) is 18.3 Å². The van der Waals surface area contributed by atoms with Crippen LogP contribution >= 0.6 is 11.6 Å². The highest BCUT2D eigenvalue weighted by atomic mass is 35.5. The SMILES string of the molecule is N#Cc1cc(-c2ccnc(Cl)c2F)c(C2CC2)nc1N1CCN(C(=O)C2CC2)[C@H](C2CC2)C1. The fourth-order valence-electron chi connectivity index (χ4n) is 5.08. The summed E-state index contributed by atoms with van der Waals surface area (Å²) in [6.07, 6.45) is 7.81. The predicted octanol–water partition coefficient (Wildman–Crippen LogP) is 4.52. The number of halogens is 2. The van der Waals surface area contributed by atoms with E-state index in [2.05, 4.69) is 20.9 Å². The molecule has 0 radical (unpaired) electrons. The second kappa shape index (κ2) is 7.95. The highest BCUT2D eigenvalue weighted by molar-refractivity contribution is 6.29. The van der Waals surface area contributed by atoms with E-state index in [1.807, 2.05) is 0 Å². The highest BCUT2D eigenvalue weighted by Crippen LogP contribution is 2.46. The van der Waals surface area contributed by atoms with Gasteiger partial charge in [0.05, 0.1) is 17.3 Å². The number of piperazine rings is 1. The Balaban J connectivity index is 1.37. The summed E-state index contributed by atoms with van der Waals surface area (Å²) in [5.41, 5.74) is 2.21. The molecule has 1 saturated heterocycles. The number of carbonyl (C=O) groups excluding carboxylic acids is 1. The van der Waals surface area contributed by atoms with Crippen molar-refractivity contribution in [3.8, 4) is 17.2 Å². The normalized spacial score (nSPS) is 22.9. The first-order valence-corrected chi connectivity index (χ1v) is 12.2. The van der Waals surface area contributed by atoms with E-state index in [0.29, 0.717) is 54.0 Å². The van der Waals surface area contributed by atoms with Crippen LogP contribution in [0.25, 0.3) is 11.1 Å². The lowest BCUT2D eigenvalue weighted by Crippen LogP contribution is -2.57. The molecule has 0 aromatic carbocycles. The Kier molecular flexibility index (Phi) is 5.02. The van der Waals surface area contributed by atoms with Crippen LogP contribution < -0.4 is 4.90 Å². The van der Waals surface area contributed by atoms with Crippen LogP contribution in [0, 0.1) is 29.0 Å². The van der Waals surface area contributed by atoms with Gasteiger partial charge in [-0.1, -0.05) is 11.6 Å². The molecule has 3 aliphatic carbocycles. The van der Waals surface area contributed by atoms with Crippen molar-refractivity contribution in [3.63, 3.8) is 0 Å². The first kappa shape index (κ1) is 20.9. The molecule has 33 heavy (non-hydrogen) atoms. The predicted molar refractivity (Wildman–Crippen MR) is 122 cm³/mol. The quantitative estimate of drug-likeness (QED) is 0.607. The number of hydrogen-bond donors (Lipinski definition) is 0. The number of pyridine rings is 2. The largest absolute Gasteiger partial charge is 0.352 e. The summed E-state index contributed by atoms with van der Waals surface area (Å²) in [7, 11) is 0. The van der Waals surface area contributed by atoms with Crippen molar-refractivity contribution in [1.82, 2.24) is 14.9 Å². The molecule has 4 aliphatic rings. The van der Waals surface area contributed by atoms with Gasteiger partial charge in [-0.15, -0.1) is 0 Å². The second-order valence-electron chi connectivity index (χ2n) is 9.80. The zero-order valence-electron chi connectivity index (χ0n) is 18.3. The number of anilines is 1. The molecule has 4 fully saturated rings. The van der Waals surface area contributed by atoms with Crippen molar-refractivity contribution in [2.24, 2.45) is 11.8 Å². The molecule has 3 saturated carbocycles. The van der Waals surface area contributed by atoms with Crippen molar-refractivity contribution >= 4 is 23.3 Å². The van der Waals surface area contributed by atoms with E-state index in [9.17, 15) is 14.4 Å². The summed E-state index contributed by atoms with van der Waals surface area (Å²) >= 11 is 5.94. The first-order valence-electron chi connectivity index (χ1n) is 11.9. The van der Waals surface area contributed by atoms with Gasteiger partial charge in [0.25, 0.3) is 0 Å². The van der Waals surface area contributed by atoms with Gasteiger partial charge in [-0.05, 0) is 56.6 Å². The molecular weight excluding hydrogens is 441 g/mol. The smallest absolute Gasteiger partial charge is 0.226 e. The molecule has 0 N–H and O–H groups in total.